The molecule has 3 aromatic rings. The molecule has 0 unspecified atom stereocenters. The molecule has 0 bridgehead atoms. The molecule has 31 heavy (non-hydrogen) atoms. The second kappa shape index (κ2) is 8.81. The van der Waals surface area contributed by atoms with Crippen molar-refractivity contribution in [2.45, 2.75) is 17.9 Å². The maximum atomic E-state index is 13.1. The first-order chi connectivity index (χ1) is 14.9. The maximum Gasteiger partial charge on any atom is 0.264 e. The number of carbonyl (C=O) groups excluding carboxylic acids is 1. The molecule has 0 radical (unpaired) electrons. The fourth-order valence-corrected chi connectivity index (χ4v) is 5.10. The van der Waals surface area contributed by atoms with Crippen LogP contribution in [0, 0.1) is 0 Å². The van der Waals surface area contributed by atoms with E-state index < -0.39 is 10.0 Å². The minimum absolute atomic E-state index is 0.116. The van der Waals surface area contributed by atoms with Crippen molar-refractivity contribution in [3.63, 3.8) is 0 Å². The van der Waals surface area contributed by atoms with Gasteiger partial charge in [0.05, 0.1) is 10.6 Å². The number of carbonyl (C=O) groups is 1. The average Bonchev–Trinajstić information content (AvgIpc) is 3.23. The van der Waals surface area contributed by atoms with E-state index in [4.69, 9.17) is 4.74 Å². The Balaban J connectivity index is 1.38. The van der Waals surface area contributed by atoms with Crippen LogP contribution >= 0.6 is 0 Å². The number of fused-ring (bicyclic) bond motifs is 1. The van der Waals surface area contributed by atoms with Gasteiger partial charge in [0, 0.05) is 20.1 Å². The average molecular weight is 437 g/mol. The molecule has 7 heteroatoms. The Morgan fingerprint density at radius 2 is 1.65 bits per heavy atom. The third-order valence-corrected chi connectivity index (χ3v) is 7.13. The fraction of sp³-hybridized carbons (Fsp3) is 0.208. The van der Waals surface area contributed by atoms with E-state index in [-0.39, 0.29) is 17.4 Å². The van der Waals surface area contributed by atoms with Crippen molar-refractivity contribution in [3.8, 4) is 5.75 Å². The Kier molecular flexibility index (Phi) is 5.95. The first-order valence-electron chi connectivity index (χ1n) is 10.1. The number of nitrogens with zero attached hydrogens (tertiary/aromatic N) is 2. The van der Waals surface area contributed by atoms with Crippen LogP contribution in [0.2, 0.25) is 0 Å². The van der Waals surface area contributed by atoms with Crippen LogP contribution in [0.1, 0.15) is 11.1 Å². The molecule has 0 aliphatic carbocycles. The lowest BCUT2D eigenvalue weighted by Gasteiger charge is -2.20. The van der Waals surface area contributed by atoms with Crippen molar-refractivity contribution in [2.75, 3.05) is 24.5 Å². The van der Waals surface area contributed by atoms with Crippen LogP contribution in [0.25, 0.3) is 0 Å². The summed E-state index contributed by atoms with van der Waals surface area (Å²) in [5.74, 6) is 0.288. The van der Waals surface area contributed by atoms with Gasteiger partial charge in [-0.25, -0.2) is 8.42 Å². The number of benzene rings is 3. The number of hydrogen-bond acceptors (Lipinski definition) is 4. The molecule has 0 aromatic heterocycles. The van der Waals surface area contributed by atoms with Gasteiger partial charge in [-0.2, -0.15) is 0 Å². The Hall–Kier alpha value is -3.32. The minimum atomic E-state index is -3.65. The second-order valence-corrected chi connectivity index (χ2v) is 9.31. The molecular formula is C24H24N2O4S. The predicted molar refractivity (Wildman–Crippen MR) is 120 cm³/mol. The predicted octanol–water partition coefficient (Wildman–Crippen LogP) is 3.48. The molecular weight excluding hydrogens is 412 g/mol. The molecule has 0 N–H and O–H groups in total. The van der Waals surface area contributed by atoms with Gasteiger partial charge < -0.3 is 9.64 Å². The summed E-state index contributed by atoms with van der Waals surface area (Å²) in [4.78, 5) is 14.1. The van der Waals surface area contributed by atoms with Crippen molar-refractivity contribution in [1.82, 2.24) is 4.90 Å². The van der Waals surface area contributed by atoms with Crippen molar-refractivity contribution in [2.24, 2.45) is 0 Å². The van der Waals surface area contributed by atoms with E-state index >= 15 is 0 Å². The molecule has 0 saturated heterocycles. The summed E-state index contributed by atoms with van der Waals surface area (Å²) >= 11 is 0. The lowest BCUT2D eigenvalue weighted by atomic mass is 10.2. The molecule has 1 amide bonds. The Labute approximate surface area is 182 Å². The normalized spacial score (nSPS) is 13.0. The topological polar surface area (TPSA) is 66.9 Å². The number of para-hydroxylation sites is 1. The molecule has 1 heterocycles. The molecule has 0 fully saturated rings. The number of amides is 1. The van der Waals surface area contributed by atoms with Crippen LogP contribution in [0.3, 0.4) is 0 Å². The number of anilines is 1. The highest BCUT2D eigenvalue weighted by Gasteiger charge is 2.30. The van der Waals surface area contributed by atoms with Gasteiger partial charge in [-0.1, -0.05) is 48.5 Å². The lowest BCUT2D eigenvalue weighted by molar-refractivity contribution is -0.132. The van der Waals surface area contributed by atoms with Gasteiger partial charge in [-0.15, -0.1) is 0 Å². The van der Waals surface area contributed by atoms with Crippen molar-refractivity contribution >= 4 is 21.6 Å². The quantitative estimate of drug-likeness (QED) is 0.569. The van der Waals surface area contributed by atoms with E-state index in [1.807, 2.05) is 54.6 Å². The molecule has 0 saturated carbocycles. The molecule has 160 valence electrons. The van der Waals surface area contributed by atoms with E-state index in [2.05, 4.69) is 0 Å². The van der Waals surface area contributed by atoms with E-state index in [1.54, 1.807) is 24.1 Å². The molecule has 0 atom stereocenters. The molecule has 6 nitrogen and oxygen atoms in total. The summed E-state index contributed by atoms with van der Waals surface area (Å²) < 4.78 is 33.1. The van der Waals surface area contributed by atoms with Gasteiger partial charge in [-0.05, 0) is 47.9 Å². The van der Waals surface area contributed by atoms with Crippen LogP contribution in [0.5, 0.6) is 5.75 Å². The monoisotopic (exact) mass is 436 g/mol. The summed E-state index contributed by atoms with van der Waals surface area (Å²) in [6.45, 7) is 0.814. The summed E-state index contributed by atoms with van der Waals surface area (Å²) in [7, 11) is -1.92. The maximum absolute atomic E-state index is 13.1. The Morgan fingerprint density at radius 1 is 0.968 bits per heavy atom. The van der Waals surface area contributed by atoms with E-state index in [0.29, 0.717) is 25.3 Å². The van der Waals surface area contributed by atoms with Gasteiger partial charge in [-0.3, -0.25) is 9.10 Å². The fourth-order valence-electron chi connectivity index (χ4n) is 3.59. The van der Waals surface area contributed by atoms with Crippen LogP contribution < -0.4 is 9.04 Å². The minimum Gasteiger partial charge on any atom is -0.484 e. The summed E-state index contributed by atoms with van der Waals surface area (Å²) in [5, 5.41) is 0. The summed E-state index contributed by atoms with van der Waals surface area (Å²) in [5.41, 5.74) is 2.80. The van der Waals surface area contributed by atoms with Gasteiger partial charge in [0.25, 0.3) is 15.9 Å². The second-order valence-electron chi connectivity index (χ2n) is 7.45. The largest absolute Gasteiger partial charge is 0.484 e. The standard InChI is InChI=1S/C24H24N2O4S/c1-25(17-19-7-3-2-4-8-19)24(27)18-30-21-11-13-22(14-12-21)31(28,29)26-16-15-20-9-5-6-10-23(20)26/h2-14H,15-18H2,1H3. The van der Waals surface area contributed by atoms with Crippen LogP contribution in [-0.2, 0) is 27.8 Å². The highest BCUT2D eigenvalue weighted by molar-refractivity contribution is 7.92. The third-order valence-electron chi connectivity index (χ3n) is 5.31. The zero-order chi connectivity index (χ0) is 21.8. The lowest BCUT2D eigenvalue weighted by Crippen LogP contribution is -2.31. The SMILES string of the molecule is CN(Cc1ccccc1)C(=O)COc1ccc(S(=O)(=O)N2CCc3ccccc32)cc1. The molecule has 1 aliphatic rings. The number of sulfonamides is 1. The number of likely N-dealkylation sites (N-methyl/N-ethyl adjacent to an activating group) is 1. The van der Waals surface area contributed by atoms with Gasteiger partial charge in [0.2, 0.25) is 0 Å². The van der Waals surface area contributed by atoms with Gasteiger partial charge >= 0.3 is 0 Å². The molecule has 4 rings (SSSR count). The molecule has 1 aliphatic heterocycles. The zero-order valence-electron chi connectivity index (χ0n) is 17.3. The molecule has 3 aromatic carbocycles. The first kappa shape index (κ1) is 20.9. The van der Waals surface area contributed by atoms with Gasteiger partial charge in [0.1, 0.15) is 5.75 Å². The van der Waals surface area contributed by atoms with Crippen molar-refractivity contribution in [1.29, 1.82) is 0 Å². The first-order valence-corrected chi connectivity index (χ1v) is 11.5. The van der Waals surface area contributed by atoms with E-state index in [0.717, 1.165) is 16.8 Å². The Bertz CT molecular complexity index is 1160. The van der Waals surface area contributed by atoms with Crippen molar-refractivity contribution < 1.29 is 17.9 Å². The zero-order valence-corrected chi connectivity index (χ0v) is 18.1. The summed E-state index contributed by atoms with van der Waals surface area (Å²) in [6, 6.07) is 23.5. The molecule has 0 spiro atoms. The summed E-state index contributed by atoms with van der Waals surface area (Å²) in [6.07, 6.45) is 0.704. The number of rotatable bonds is 7. The highest BCUT2D eigenvalue weighted by Crippen LogP contribution is 2.33. The number of ether oxygens (including phenoxy) is 1. The Morgan fingerprint density at radius 3 is 2.39 bits per heavy atom. The van der Waals surface area contributed by atoms with Crippen LogP contribution in [-0.4, -0.2) is 39.4 Å². The third kappa shape index (κ3) is 4.56. The van der Waals surface area contributed by atoms with E-state index in [1.165, 1.54) is 16.4 Å². The van der Waals surface area contributed by atoms with Gasteiger partial charge in [0.15, 0.2) is 6.61 Å². The van der Waals surface area contributed by atoms with E-state index in [9.17, 15) is 13.2 Å². The van der Waals surface area contributed by atoms with Crippen LogP contribution in [0.15, 0.2) is 83.8 Å². The van der Waals surface area contributed by atoms with Crippen LogP contribution in [0.4, 0.5) is 5.69 Å². The van der Waals surface area contributed by atoms with Crippen molar-refractivity contribution in [3.05, 3.63) is 90.0 Å². The highest BCUT2D eigenvalue weighted by atomic mass is 32.2. The smallest absolute Gasteiger partial charge is 0.264 e. The number of hydrogen-bond donors (Lipinski definition) is 0.